The van der Waals surface area contributed by atoms with Crippen molar-refractivity contribution in [3.05, 3.63) is 0 Å². The first-order chi connectivity index (χ1) is 5.22. The van der Waals surface area contributed by atoms with Crippen LogP contribution in [0.5, 0.6) is 0 Å². The van der Waals surface area contributed by atoms with E-state index in [0.29, 0.717) is 5.78 Å². The minimum Gasteiger partial charge on any atom is -0.299 e. The summed E-state index contributed by atoms with van der Waals surface area (Å²) < 4.78 is 0. The van der Waals surface area contributed by atoms with Gasteiger partial charge < -0.3 is 0 Å². The number of ketones is 1. The Kier molecular flexibility index (Phi) is 0.875. The second-order valence-corrected chi connectivity index (χ2v) is 4.82. The highest BCUT2D eigenvalue weighted by Crippen LogP contribution is 2.71. The zero-order valence-electron chi connectivity index (χ0n) is 6.97. The molecule has 0 amide bonds. The van der Waals surface area contributed by atoms with Crippen LogP contribution < -0.4 is 0 Å². The predicted octanol–water partition coefficient (Wildman–Crippen LogP) is 2.01. The van der Waals surface area contributed by atoms with E-state index < -0.39 is 0 Å². The molecular weight excluding hydrogens is 136 g/mol. The second-order valence-electron chi connectivity index (χ2n) is 4.82. The number of carbonyl (C=O) groups excluding carboxylic acids is 1. The third kappa shape index (κ3) is 0.502. The summed E-state index contributed by atoms with van der Waals surface area (Å²) in [7, 11) is 0. The summed E-state index contributed by atoms with van der Waals surface area (Å²) in [6.07, 6.45) is 5.30. The van der Waals surface area contributed by atoms with E-state index in [1.54, 1.807) is 6.92 Å². The van der Waals surface area contributed by atoms with Gasteiger partial charge in [0.2, 0.25) is 0 Å². The van der Waals surface area contributed by atoms with Gasteiger partial charge in [-0.1, -0.05) is 0 Å². The first kappa shape index (κ1) is 6.22. The van der Waals surface area contributed by atoms with Gasteiger partial charge in [-0.15, -0.1) is 0 Å². The fraction of sp³-hybridized carbons (Fsp3) is 0.900. The molecular formula is C10H14O. The minimum atomic E-state index is 0.216. The maximum atomic E-state index is 11.4. The molecule has 11 heavy (non-hydrogen) atoms. The van der Waals surface area contributed by atoms with Gasteiger partial charge in [0.1, 0.15) is 5.78 Å². The summed E-state index contributed by atoms with van der Waals surface area (Å²) in [5.74, 6) is 3.20. The fourth-order valence-electron chi connectivity index (χ4n) is 4.07. The molecule has 1 heteroatoms. The maximum absolute atomic E-state index is 11.4. The van der Waals surface area contributed by atoms with Crippen molar-refractivity contribution in [2.24, 2.45) is 23.2 Å². The van der Waals surface area contributed by atoms with Gasteiger partial charge in [0.05, 0.1) is 0 Å². The van der Waals surface area contributed by atoms with Crippen LogP contribution in [-0.4, -0.2) is 5.78 Å². The van der Waals surface area contributed by atoms with Gasteiger partial charge in [0.25, 0.3) is 0 Å². The zero-order chi connectivity index (χ0) is 7.64. The third-order valence-electron chi connectivity index (χ3n) is 4.48. The van der Waals surface area contributed by atoms with Crippen molar-refractivity contribution in [3.8, 4) is 0 Å². The molecule has 0 radical (unpaired) electrons. The monoisotopic (exact) mass is 150 g/mol. The maximum Gasteiger partial charge on any atom is 0.136 e. The molecule has 0 aromatic heterocycles. The molecule has 3 fully saturated rings. The summed E-state index contributed by atoms with van der Waals surface area (Å²) in [6, 6.07) is 0. The average molecular weight is 150 g/mol. The van der Waals surface area contributed by atoms with Crippen molar-refractivity contribution in [2.45, 2.75) is 32.6 Å². The average Bonchev–Trinajstić information content (AvgIpc) is 2.41. The second kappa shape index (κ2) is 1.55. The van der Waals surface area contributed by atoms with E-state index in [2.05, 4.69) is 0 Å². The molecule has 0 spiro atoms. The molecule has 0 aliphatic heterocycles. The van der Waals surface area contributed by atoms with Crippen molar-refractivity contribution in [1.82, 2.24) is 0 Å². The van der Waals surface area contributed by atoms with Crippen LogP contribution in [0.25, 0.3) is 0 Å². The Morgan fingerprint density at radius 1 is 1.36 bits per heavy atom. The van der Waals surface area contributed by atoms with E-state index in [4.69, 9.17) is 0 Å². The van der Waals surface area contributed by atoms with Gasteiger partial charge in [-0.2, -0.15) is 0 Å². The van der Waals surface area contributed by atoms with E-state index in [9.17, 15) is 4.79 Å². The van der Waals surface area contributed by atoms with Crippen LogP contribution in [0.15, 0.2) is 0 Å². The highest BCUT2D eigenvalue weighted by atomic mass is 16.1. The van der Waals surface area contributed by atoms with Crippen molar-refractivity contribution in [3.63, 3.8) is 0 Å². The van der Waals surface area contributed by atoms with Crippen LogP contribution in [0, 0.1) is 23.2 Å². The number of rotatable bonds is 1. The highest BCUT2D eigenvalue weighted by Gasteiger charge is 2.66. The minimum absolute atomic E-state index is 0.216. The Hall–Kier alpha value is -0.330. The first-order valence-electron chi connectivity index (χ1n) is 4.73. The lowest BCUT2D eigenvalue weighted by Gasteiger charge is -2.51. The van der Waals surface area contributed by atoms with Gasteiger partial charge >= 0.3 is 0 Å². The number of Topliss-reactive ketones (excluding diaryl/α,β-unsaturated/α-hetero) is 1. The lowest BCUT2D eigenvalue weighted by Crippen LogP contribution is -2.50. The van der Waals surface area contributed by atoms with Crippen molar-refractivity contribution in [1.29, 1.82) is 0 Å². The lowest BCUT2D eigenvalue weighted by molar-refractivity contribution is -0.143. The smallest absolute Gasteiger partial charge is 0.136 e. The zero-order valence-corrected chi connectivity index (χ0v) is 6.97. The Labute approximate surface area is 67.2 Å². The summed E-state index contributed by atoms with van der Waals surface area (Å²) in [4.78, 5) is 11.4. The number of carbonyl (C=O) groups is 1. The number of fused-ring (bicyclic) bond motifs is 1. The standard InChI is InChI=1S/C10H14O/c1-6(11)10-4-7-2-8(5-10)9(10)3-7/h7-9H,2-5H2,1H3. The summed E-state index contributed by atoms with van der Waals surface area (Å²) in [5.41, 5.74) is 0.216. The topological polar surface area (TPSA) is 17.1 Å². The molecule has 3 aliphatic carbocycles. The normalized spacial score (nSPS) is 57.7. The molecule has 3 rings (SSSR count). The molecule has 3 aliphatic rings. The molecule has 0 heterocycles. The van der Waals surface area contributed by atoms with Crippen LogP contribution in [0.4, 0.5) is 0 Å². The Balaban J connectivity index is 1.99. The van der Waals surface area contributed by atoms with Crippen molar-refractivity contribution in [2.75, 3.05) is 0 Å². The lowest BCUT2D eigenvalue weighted by atomic mass is 9.51. The summed E-state index contributed by atoms with van der Waals surface area (Å²) >= 11 is 0. The molecule has 2 bridgehead atoms. The Bertz CT molecular complexity index is 233. The number of hydrogen-bond donors (Lipinski definition) is 0. The van der Waals surface area contributed by atoms with Gasteiger partial charge in [-0.25, -0.2) is 0 Å². The van der Waals surface area contributed by atoms with Crippen LogP contribution in [0.1, 0.15) is 32.6 Å². The molecule has 0 aromatic rings. The highest BCUT2D eigenvalue weighted by molar-refractivity contribution is 5.84. The Morgan fingerprint density at radius 3 is 2.55 bits per heavy atom. The van der Waals surface area contributed by atoms with Gasteiger partial charge in [-0.3, -0.25) is 4.79 Å². The third-order valence-corrected chi connectivity index (χ3v) is 4.48. The summed E-state index contributed by atoms with van der Waals surface area (Å²) in [6.45, 7) is 1.80. The van der Waals surface area contributed by atoms with Crippen LogP contribution in [0.2, 0.25) is 0 Å². The molecule has 1 nitrogen and oxygen atoms in total. The predicted molar refractivity (Wildman–Crippen MR) is 42.1 cm³/mol. The van der Waals surface area contributed by atoms with E-state index in [1.165, 1.54) is 25.7 Å². The van der Waals surface area contributed by atoms with Crippen LogP contribution in [-0.2, 0) is 4.79 Å². The molecule has 0 aromatic carbocycles. The van der Waals surface area contributed by atoms with E-state index in [0.717, 1.165) is 17.8 Å². The SMILES string of the molecule is CC(=O)C12CC3CC(C1)C2C3. The van der Waals surface area contributed by atoms with E-state index in [1.807, 2.05) is 0 Å². The van der Waals surface area contributed by atoms with E-state index in [-0.39, 0.29) is 5.41 Å². The largest absolute Gasteiger partial charge is 0.299 e. The van der Waals surface area contributed by atoms with Crippen LogP contribution in [0.3, 0.4) is 0 Å². The Morgan fingerprint density at radius 2 is 2.18 bits per heavy atom. The molecule has 0 saturated heterocycles. The molecule has 0 N–H and O–H groups in total. The molecule has 3 saturated carbocycles. The van der Waals surface area contributed by atoms with Crippen molar-refractivity contribution < 1.29 is 4.79 Å². The van der Waals surface area contributed by atoms with Crippen LogP contribution >= 0.6 is 0 Å². The van der Waals surface area contributed by atoms with Gasteiger partial charge in [-0.05, 0) is 50.4 Å². The molecule has 60 valence electrons. The van der Waals surface area contributed by atoms with Gasteiger partial charge in [0.15, 0.2) is 0 Å². The fourth-order valence-corrected chi connectivity index (χ4v) is 4.07. The molecule has 4 unspecified atom stereocenters. The van der Waals surface area contributed by atoms with Crippen molar-refractivity contribution >= 4 is 5.78 Å². The number of hydrogen-bond acceptors (Lipinski definition) is 1. The van der Waals surface area contributed by atoms with Gasteiger partial charge in [0, 0.05) is 5.41 Å². The quantitative estimate of drug-likeness (QED) is 0.559. The molecule has 4 atom stereocenters. The summed E-state index contributed by atoms with van der Waals surface area (Å²) in [5, 5.41) is 0. The first-order valence-corrected chi connectivity index (χ1v) is 4.73. The van der Waals surface area contributed by atoms with E-state index >= 15 is 0 Å².